The van der Waals surface area contributed by atoms with Gasteiger partial charge in [-0.15, -0.1) is 34.9 Å². The predicted molar refractivity (Wildman–Crippen MR) is 192 cm³/mol. The molecule has 1 N–H and O–H groups in total. The first-order chi connectivity index (χ1) is 21.8. The average molecular weight is 812 g/mol. The number of benzene rings is 3. The molecule has 2 heterocycles. The molecule has 0 unspecified atom stereocenters. The number of carbonyl (C=O) groups is 1. The molecule has 5 rings (SSSR count). The first-order valence-electron chi connectivity index (χ1n) is 16.9. The standard InChI is InChI=1S/C28H27N2O.C13H24O2.Ir/c1-16-11-17(2)13-21(12-16)25-27-24(18(3)29-30-25)23-10-8-20-14-19(15-28(4,5)6)7-9-22(20)26(23)31-27;1-5-10(6-2)12(14)9-13(15)11(7-3)8-4;/h7-12,14H,15H2,1-6H3;9-11,14H,5-8H2,1-4H3;/q-1;;/b;12-9-;. The zero-order chi connectivity index (χ0) is 33.8. The summed E-state index contributed by atoms with van der Waals surface area (Å²) in [4.78, 5) is 11.7. The van der Waals surface area contributed by atoms with Gasteiger partial charge in [0, 0.05) is 54.2 Å². The summed E-state index contributed by atoms with van der Waals surface area (Å²) in [5.74, 6) is 0.547. The van der Waals surface area contributed by atoms with E-state index in [2.05, 4.69) is 93.3 Å². The van der Waals surface area contributed by atoms with Crippen LogP contribution in [0.15, 0.2) is 58.7 Å². The third-order valence-electron chi connectivity index (χ3n) is 8.83. The number of nitrogens with zero attached hydrogens (tertiary/aromatic N) is 2. The Morgan fingerprint density at radius 2 is 1.51 bits per heavy atom. The molecule has 5 aromatic rings. The van der Waals surface area contributed by atoms with Gasteiger partial charge < -0.3 is 9.52 Å². The Labute approximate surface area is 294 Å². The van der Waals surface area contributed by atoms with Crippen LogP contribution >= 0.6 is 0 Å². The predicted octanol–water partition coefficient (Wildman–Crippen LogP) is 11.4. The number of allylic oxidation sites excluding steroid dienone is 2. The van der Waals surface area contributed by atoms with Crippen LogP contribution in [0, 0.1) is 44.1 Å². The van der Waals surface area contributed by atoms with E-state index in [0.717, 1.165) is 81.9 Å². The summed E-state index contributed by atoms with van der Waals surface area (Å²) < 4.78 is 6.53. The molecule has 0 spiro atoms. The van der Waals surface area contributed by atoms with Gasteiger partial charge >= 0.3 is 0 Å². The molecule has 0 bridgehead atoms. The van der Waals surface area contributed by atoms with Crippen LogP contribution in [0.5, 0.6) is 0 Å². The fourth-order valence-electron chi connectivity index (χ4n) is 6.38. The Hall–Kier alpha value is -3.34. The first kappa shape index (κ1) is 38.1. The smallest absolute Gasteiger partial charge is 0.162 e. The fraction of sp³-hybridized carbons (Fsp3) is 0.439. The van der Waals surface area contributed by atoms with Crippen LogP contribution in [-0.4, -0.2) is 21.1 Å². The van der Waals surface area contributed by atoms with Crippen molar-refractivity contribution in [3.63, 3.8) is 0 Å². The van der Waals surface area contributed by atoms with Gasteiger partial charge in [0.1, 0.15) is 11.2 Å². The summed E-state index contributed by atoms with van der Waals surface area (Å²) >= 11 is 0. The third-order valence-corrected chi connectivity index (χ3v) is 8.83. The van der Waals surface area contributed by atoms with Crippen LogP contribution < -0.4 is 0 Å². The van der Waals surface area contributed by atoms with Crippen molar-refractivity contribution in [2.24, 2.45) is 17.3 Å². The van der Waals surface area contributed by atoms with Crippen molar-refractivity contribution < 1.29 is 34.4 Å². The molecule has 47 heavy (non-hydrogen) atoms. The Morgan fingerprint density at radius 3 is 2.11 bits per heavy atom. The maximum absolute atomic E-state index is 11.7. The summed E-state index contributed by atoms with van der Waals surface area (Å²) in [6, 6.07) is 18.7. The summed E-state index contributed by atoms with van der Waals surface area (Å²) in [6.45, 7) is 21.0. The number of hydrogen-bond acceptors (Lipinski definition) is 5. The van der Waals surface area contributed by atoms with Crippen molar-refractivity contribution in [2.45, 2.75) is 101 Å². The van der Waals surface area contributed by atoms with E-state index in [1.54, 1.807) is 0 Å². The molecule has 0 aliphatic heterocycles. The second-order valence-electron chi connectivity index (χ2n) is 13.9. The van der Waals surface area contributed by atoms with Crippen LogP contribution in [0.4, 0.5) is 0 Å². The molecule has 0 aliphatic rings. The maximum atomic E-state index is 11.7. The molecule has 6 heteroatoms. The number of furan rings is 1. The Kier molecular flexibility index (Phi) is 13.1. The van der Waals surface area contributed by atoms with Gasteiger partial charge in [-0.05, 0) is 61.5 Å². The maximum Gasteiger partial charge on any atom is 0.162 e. The van der Waals surface area contributed by atoms with Gasteiger partial charge in [0.25, 0.3) is 0 Å². The number of aryl methyl sites for hydroxylation is 3. The summed E-state index contributed by atoms with van der Waals surface area (Å²) in [5.41, 5.74) is 8.10. The third kappa shape index (κ3) is 8.97. The van der Waals surface area contributed by atoms with E-state index < -0.39 is 0 Å². The molecular weight excluding hydrogens is 761 g/mol. The molecule has 2 aromatic heterocycles. The first-order valence-corrected chi connectivity index (χ1v) is 16.9. The molecule has 0 amide bonds. The number of aliphatic hydroxyl groups is 1. The molecular formula is C41H51IrN2O3-. The summed E-state index contributed by atoms with van der Waals surface area (Å²) in [6.07, 6.45) is 5.95. The van der Waals surface area contributed by atoms with Crippen molar-refractivity contribution in [1.82, 2.24) is 10.2 Å². The number of rotatable bonds is 9. The molecule has 0 saturated heterocycles. The molecule has 0 aliphatic carbocycles. The minimum atomic E-state index is 0. The summed E-state index contributed by atoms with van der Waals surface area (Å²) in [7, 11) is 0. The SMILES string of the molecule is CCC(CC)C(=O)/C=C(\O)C(CC)CC.Cc1[c-]c(-c2nnc(C)c3c2oc2c4ccc(CC(C)(C)C)cc4ccc23)cc(C)c1.[Ir]. The van der Waals surface area contributed by atoms with Crippen LogP contribution in [0.2, 0.25) is 0 Å². The average Bonchev–Trinajstić information content (AvgIpc) is 3.38. The largest absolute Gasteiger partial charge is 0.512 e. The molecule has 5 nitrogen and oxygen atoms in total. The van der Waals surface area contributed by atoms with Crippen molar-refractivity contribution in [3.05, 3.63) is 82.8 Å². The van der Waals surface area contributed by atoms with Gasteiger partial charge in [-0.25, -0.2) is 0 Å². The van der Waals surface area contributed by atoms with Crippen molar-refractivity contribution >= 4 is 38.5 Å². The molecule has 1 radical (unpaired) electrons. The van der Waals surface area contributed by atoms with E-state index in [4.69, 9.17) is 4.42 Å². The Morgan fingerprint density at radius 1 is 0.872 bits per heavy atom. The fourth-order valence-corrected chi connectivity index (χ4v) is 6.38. The number of aliphatic hydroxyl groups excluding tert-OH is 1. The van der Waals surface area contributed by atoms with E-state index in [1.807, 2.05) is 34.6 Å². The normalized spacial score (nSPS) is 12.1. The van der Waals surface area contributed by atoms with Crippen molar-refractivity contribution in [2.75, 3.05) is 0 Å². The number of carbonyl (C=O) groups excluding carboxylic acids is 1. The number of hydrogen-bond donors (Lipinski definition) is 1. The molecule has 0 saturated carbocycles. The molecule has 3 aromatic carbocycles. The van der Waals surface area contributed by atoms with Gasteiger partial charge in [-0.1, -0.05) is 86.6 Å². The monoisotopic (exact) mass is 812 g/mol. The summed E-state index contributed by atoms with van der Waals surface area (Å²) in [5, 5.41) is 23.2. The number of fused-ring (bicyclic) bond motifs is 5. The zero-order valence-electron chi connectivity index (χ0n) is 29.8. The van der Waals surface area contributed by atoms with Gasteiger partial charge in [0.05, 0.1) is 17.1 Å². The Bertz CT molecular complexity index is 1850. The van der Waals surface area contributed by atoms with E-state index in [-0.39, 0.29) is 48.9 Å². The van der Waals surface area contributed by atoms with Crippen LogP contribution in [0.25, 0.3) is 44.0 Å². The van der Waals surface area contributed by atoms with Gasteiger partial charge in [-0.2, -0.15) is 10.2 Å². The van der Waals surface area contributed by atoms with Gasteiger partial charge in [0.2, 0.25) is 0 Å². The van der Waals surface area contributed by atoms with Crippen LogP contribution in [0.3, 0.4) is 0 Å². The van der Waals surface area contributed by atoms with Crippen molar-refractivity contribution in [3.8, 4) is 11.3 Å². The van der Waals surface area contributed by atoms with Crippen LogP contribution in [0.1, 0.15) is 96.5 Å². The van der Waals surface area contributed by atoms with Crippen LogP contribution in [-0.2, 0) is 31.3 Å². The zero-order valence-corrected chi connectivity index (χ0v) is 32.2. The Balaban J connectivity index is 0.000000322. The molecule has 253 valence electrons. The minimum absolute atomic E-state index is 0. The second-order valence-corrected chi connectivity index (χ2v) is 13.9. The molecule has 0 fully saturated rings. The molecule has 0 atom stereocenters. The topological polar surface area (TPSA) is 76.2 Å². The van der Waals surface area contributed by atoms with Gasteiger partial charge in [-0.3, -0.25) is 4.79 Å². The number of aromatic nitrogens is 2. The number of ketones is 1. The minimum Gasteiger partial charge on any atom is -0.512 e. The van der Waals surface area contributed by atoms with E-state index in [1.165, 1.54) is 22.6 Å². The quantitative estimate of drug-likeness (QED) is 0.0911. The second kappa shape index (κ2) is 16.2. The van der Waals surface area contributed by atoms with E-state index in [9.17, 15) is 9.90 Å². The van der Waals surface area contributed by atoms with E-state index in [0.29, 0.717) is 0 Å². The van der Waals surface area contributed by atoms with Crippen molar-refractivity contribution in [1.29, 1.82) is 0 Å². The van der Waals surface area contributed by atoms with E-state index >= 15 is 0 Å². The van der Waals surface area contributed by atoms with Gasteiger partial charge in [0.15, 0.2) is 5.78 Å².